The molecule has 12 heteroatoms. The third-order valence-corrected chi connectivity index (χ3v) is 9.28. The van der Waals surface area contributed by atoms with Crippen LogP contribution in [-0.4, -0.2) is 70.1 Å². The lowest BCUT2D eigenvalue weighted by Crippen LogP contribution is -2.48. The number of fused-ring (bicyclic) bond motifs is 1. The number of hydrogen-bond donors (Lipinski definition) is 2. The van der Waals surface area contributed by atoms with Crippen molar-refractivity contribution >= 4 is 59.9 Å². The highest BCUT2D eigenvalue weighted by molar-refractivity contribution is 7.92. The Hall–Kier alpha value is -3.38. The van der Waals surface area contributed by atoms with Crippen molar-refractivity contribution in [2.75, 3.05) is 55.5 Å². The molecule has 0 atom stereocenters. The van der Waals surface area contributed by atoms with Gasteiger partial charge >= 0.3 is 0 Å². The van der Waals surface area contributed by atoms with Gasteiger partial charge in [0.2, 0.25) is 0 Å². The number of aromatic nitrogens is 1. The number of ether oxygens (including phenoxy) is 1. The molecular formula is C28H30ClN5O4S2. The second-order valence-electron chi connectivity index (χ2n) is 9.22. The summed E-state index contributed by atoms with van der Waals surface area (Å²) >= 11 is 7.55. The Bertz CT molecular complexity index is 1590. The maximum atomic E-state index is 13.0. The average Bonchev–Trinajstić information content (AvgIpc) is 3.39. The van der Waals surface area contributed by atoms with E-state index in [0.717, 1.165) is 47.3 Å². The molecule has 4 aromatic rings. The zero-order chi connectivity index (χ0) is 28.1. The summed E-state index contributed by atoms with van der Waals surface area (Å²) < 4.78 is 35.0. The van der Waals surface area contributed by atoms with Crippen LogP contribution in [0.15, 0.2) is 71.6 Å². The number of anilines is 2. The highest BCUT2D eigenvalue weighted by Gasteiger charge is 2.22. The summed E-state index contributed by atoms with van der Waals surface area (Å²) in [5.74, 6) is 0.476. The predicted molar refractivity (Wildman–Crippen MR) is 160 cm³/mol. The van der Waals surface area contributed by atoms with Crippen molar-refractivity contribution in [1.29, 1.82) is 0 Å². The van der Waals surface area contributed by atoms with Crippen LogP contribution in [0.1, 0.15) is 17.3 Å². The number of piperazine rings is 1. The number of amides is 1. The van der Waals surface area contributed by atoms with Gasteiger partial charge in [-0.3, -0.25) is 14.4 Å². The number of sulfonamides is 1. The lowest BCUT2D eigenvalue weighted by molar-refractivity contribution is 0.0948. The lowest BCUT2D eigenvalue weighted by atomic mass is 10.1. The highest BCUT2D eigenvalue weighted by atomic mass is 35.5. The summed E-state index contributed by atoms with van der Waals surface area (Å²) in [7, 11) is -3.88. The van der Waals surface area contributed by atoms with Gasteiger partial charge in [0.1, 0.15) is 11.3 Å². The van der Waals surface area contributed by atoms with E-state index in [0.29, 0.717) is 24.7 Å². The van der Waals surface area contributed by atoms with Crippen LogP contribution >= 0.6 is 22.9 Å². The van der Waals surface area contributed by atoms with Gasteiger partial charge in [0.25, 0.3) is 15.9 Å². The number of carbonyl (C=O) groups excluding carboxylic acids is 1. The minimum atomic E-state index is -3.88. The summed E-state index contributed by atoms with van der Waals surface area (Å²) in [6.07, 6.45) is 0. The molecule has 1 aliphatic rings. The molecule has 0 aliphatic carbocycles. The Morgan fingerprint density at radius 3 is 2.52 bits per heavy atom. The first-order valence-corrected chi connectivity index (χ1v) is 15.7. The number of nitrogens with one attached hydrogen (secondary N) is 2. The molecular weight excluding hydrogens is 570 g/mol. The Balaban J connectivity index is 1.14. The summed E-state index contributed by atoms with van der Waals surface area (Å²) in [5, 5.41) is 4.36. The summed E-state index contributed by atoms with van der Waals surface area (Å²) in [6, 6.07) is 18.4. The zero-order valence-corrected chi connectivity index (χ0v) is 24.4. The third-order valence-electron chi connectivity index (χ3n) is 6.57. The number of carbonyl (C=O) groups is 1. The topological polar surface area (TPSA) is 104 Å². The van der Waals surface area contributed by atoms with E-state index in [2.05, 4.69) is 25.9 Å². The minimum absolute atomic E-state index is 0.0619. The van der Waals surface area contributed by atoms with Gasteiger partial charge in [-0.25, -0.2) is 13.4 Å². The van der Waals surface area contributed by atoms with Crippen molar-refractivity contribution in [3.8, 4) is 5.75 Å². The van der Waals surface area contributed by atoms with E-state index in [1.165, 1.54) is 24.3 Å². The molecule has 1 fully saturated rings. The lowest BCUT2D eigenvalue weighted by Gasteiger charge is -2.34. The maximum Gasteiger partial charge on any atom is 0.261 e. The van der Waals surface area contributed by atoms with Gasteiger partial charge in [-0.1, -0.05) is 41.1 Å². The second kappa shape index (κ2) is 12.4. The van der Waals surface area contributed by atoms with E-state index in [9.17, 15) is 13.2 Å². The minimum Gasteiger partial charge on any atom is -0.492 e. The first-order valence-electron chi connectivity index (χ1n) is 13.0. The number of para-hydroxylation sites is 2. The molecule has 1 aromatic heterocycles. The zero-order valence-electron chi connectivity index (χ0n) is 22.0. The van der Waals surface area contributed by atoms with Gasteiger partial charge in [-0.2, -0.15) is 0 Å². The number of halogens is 1. The molecule has 3 aromatic carbocycles. The largest absolute Gasteiger partial charge is 0.492 e. The van der Waals surface area contributed by atoms with E-state index < -0.39 is 10.0 Å². The normalized spacial score (nSPS) is 14.3. The van der Waals surface area contributed by atoms with E-state index in [1.54, 1.807) is 35.6 Å². The molecule has 0 unspecified atom stereocenters. The maximum absolute atomic E-state index is 13.0. The van der Waals surface area contributed by atoms with Crippen molar-refractivity contribution in [2.24, 2.45) is 0 Å². The molecule has 9 nitrogen and oxygen atoms in total. The molecule has 2 N–H and O–H groups in total. The van der Waals surface area contributed by atoms with Crippen LogP contribution in [0.3, 0.4) is 0 Å². The van der Waals surface area contributed by atoms with Crippen LogP contribution in [0, 0.1) is 0 Å². The van der Waals surface area contributed by atoms with Gasteiger partial charge < -0.3 is 15.0 Å². The molecule has 1 aliphatic heterocycles. The van der Waals surface area contributed by atoms with E-state index in [-0.39, 0.29) is 22.1 Å². The van der Waals surface area contributed by atoms with Crippen LogP contribution in [0.4, 0.5) is 10.8 Å². The monoisotopic (exact) mass is 599 g/mol. The first kappa shape index (κ1) is 28.2. The van der Waals surface area contributed by atoms with Gasteiger partial charge in [0.05, 0.1) is 27.5 Å². The highest BCUT2D eigenvalue weighted by Crippen LogP contribution is 2.34. The van der Waals surface area contributed by atoms with Crippen LogP contribution in [0.25, 0.3) is 10.2 Å². The van der Waals surface area contributed by atoms with Crippen molar-refractivity contribution in [1.82, 2.24) is 15.2 Å². The quantitative estimate of drug-likeness (QED) is 0.272. The van der Waals surface area contributed by atoms with Gasteiger partial charge in [-0.05, 0) is 55.5 Å². The Morgan fingerprint density at radius 1 is 1.02 bits per heavy atom. The number of hydrogen-bond acceptors (Lipinski definition) is 8. The molecule has 40 heavy (non-hydrogen) atoms. The van der Waals surface area contributed by atoms with E-state index in [4.69, 9.17) is 21.3 Å². The van der Waals surface area contributed by atoms with Crippen LogP contribution in [-0.2, 0) is 10.0 Å². The van der Waals surface area contributed by atoms with Gasteiger partial charge in [0, 0.05) is 44.3 Å². The number of thiazole rings is 1. The smallest absolute Gasteiger partial charge is 0.261 e. The van der Waals surface area contributed by atoms with Crippen molar-refractivity contribution in [3.63, 3.8) is 0 Å². The molecule has 0 radical (unpaired) electrons. The molecule has 2 heterocycles. The molecule has 210 valence electrons. The van der Waals surface area contributed by atoms with Crippen molar-refractivity contribution in [2.45, 2.75) is 11.8 Å². The standard InChI is InChI=1S/C28H30ClN5O4S2/c1-2-38-24-8-5-9-25-26(24)31-28(39-25)34-18-16-33(17-19-34)15-14-30-27(35)22-6-3-4-7-23(22)32-40(36,37)21-12-10-20(29)11-13-21/h3-13,32H,2,14-19H2,1H3,(H,30,35). The molecule has 0 spiro atoms. The fourth-order valence-electron chi connectivity index (χ4n) is 4.49. The number of nitrogens with zero attached hydrogens (tertiary/aromatic N) is 3. The predicted octanol–water partition coefficient (Wildman–Crippen LogP) is 4.70. The Labute approximate surface area is 242 Å². The SMILES string of the molecule is CCOc1cccc2sc(N3CCN(CCNC(=O)c4ccccc4NS(=O)(=O)c4ccc(Cl)cc4)CC3)nc12. The van der Waals surface area contributed by atoms with E-state index in [1.807, 2.05) is 19.1 Å². The van der Waals surface area contributed by atoms with Gasteiger partial charge in [0.15, 0.2) is 5.13 Å². The average molecular weight is 600 g/mol. The summed E-state index contributed by atoms with van der Waals surface area (Å²) in [6.45, 7) is 7.08. The summed E-state index contributed by atoms with van der Waals surface area (Å²) in [4.78, 5) is 22.5. The van der Waals surface area contributed by atoms with Crippen LogP contribution in [0.2, 0.25) is 5.02 Å². The molecule has 1 saturated heterocycles. The molecule has 0 bridgehead atoms. The number of rotatable bonds is 10. The Morgan fingerprint density at radius 2 is 1.77 bits per heavy atom. The Kier molecular flexibility index (Phi) is 8.75. The van der Waals surface area contributed by atoms with Crippen molar-refractivity contribution < 1.29 is 17.9 Å². The fraction of sp³-hybridized carbons (Fsp3) is 0.286. The van der Waals surface area contributed by atoms with Gasteiger partial charge in [-0.15, -0.1) is 0 Å². The molecule has 1 amide bonds. The second-order valence-corrected chi connectivity index (χ2v) is 12.3. The summed E-state index contributed by atoms with van der Waals surface area (Å²) in [5.41, 5.74) is 1.38. The number of benzene rings is 3. The first-order chi connectivity index (χ1) is 19.3. The van der Waals surface area contributed by atoms with Crippen LogP contribution < -0.4 is 19.7 Å². The van der Waals surface area contributed by atoms with Crippen LogP contribution in [0.5, 0.6) is 5.75 Å². The fourth-order valence-corrected chi connectivity index (χ4v) is 6.73. The third kappa shape index (κ3) is 6.49. The van der Waals surface area contributed by atoms with Crippen molar-refractivity contribution in [3.05, 3.63) is 77.3 Å². The molecule has 0 saturated carbocycles. The van der Waals surface area contributed by atoms with E-state index >= 15 is 0 Å². The molecule has 5 rings (SSSR count).